The lowest BCUT2D eigenvalue weighted by Crippen LogP contribution is -2.45. The van der Waals surface area contributed by atoms with Gasteiger partial charge in [-0.2, -0.15) is 0 Å². The number of nitrogens with one attached hydrogen (secondary N) is 2. The van der Waals surface area contributed by atoms with Crippen molar-refractivity contribution in [2.75, 3.05) is 12.8 Å². The summed E-state index contributed by atoms with van der Waals surface area (Å²) >= 11 is 1.82. The Kier molecular flexibility index (Phi) is 9.79. The highest BCUT2D eigenvalue weighted by Gasteiger charge is 2.25. The quantitative estimate of drug-likeness (QED) is 0.721. The van der Waals surface area contributed by atoms with Crippen molar-refractivity contribution in [3.8, 4) is 0 Å². The topological polar surface area (TPSA) is 24.1 Å². The third-order valence-electron chi connectivity index (χ3n) is 4.36. The molecule has 2 nitrogen and oxygen atoms in total. The zero-order valence-corrected chi connectivity index (χ0v) is 16.4. The minimum atomic E-state index is 0. The first-order valence-electron chi connectivity index (χ1n) is 8.02. The lowest BCUT2D eigenvalue weighted by Gasteiger charge is -2.34. The minimum absolute atomic E-state index is 0. The SMILES string of the molecule is CSc1ccccc1CN[C@H]1CCCN[C@H]1c1ccccc1.Cl.Cl. The maximum absolute atomic E-state index is 3.79. The molecule has 0 aromatic heterocycles. The normalized spacial score (nSPS) is 19.9. The van der Waals surface area contributed by atoms with Gasteiger partial charge in [0.2, 0.25) is 0 Å². The van der Waals surface area contributed by atoms with Crippen molar-refractivity contribution in [1.82, 2.24) is 10.6 Å². The van der Waals surface area contributed by atoms with Gasteiger partial charge in [-0.05, 0) is 42.8 Å². The average molecular weight is 385 g/mol. The third-order valence-corrected chi connectivity index (χ3v) is 5.20. The summed E-state index contributed by atoms with van der Waals surface area (Å²) in [7, 11) is 0. The van der Waals surface area contributed by atoms with Gasteiger partial charge in [-0.15, -0.1) is 36.6 Å². The fourth-order valence-corrected chi connectivity index (χ4v) is 3.83. The number of hydrogen-bond acceptors (Lipinski definition) is 3. The molecule has 132 valence electrons. The van der Waals surface area contributed by atoms with E-state index in [1.165, 1.54) is 28.9 Å². The Morgan fingerprint density at radius 1 is 1.04 bits per heavy atom. The first-order valence-corrected chi connectivity index (χ1v) is 9.24. The van der Waals surface area contributed by atoms with E-state index in [1.54, 1.807) is 0 Å². The van der Waals surface area contributed by atoms with Gasteiger partial charge in [-0.25, -0.2) is 0 Å². The van der Waals surface area contributed by atoms with Crippen LogP contribution < -0.4 is 10.6 Å². The van der Waals surface area contributed by atoms with E-state index in [-0.39, 0.29) is 24.8 Å². The van der Waals surface area contributed by atoms with Crippen molar-refractivity contribution < 1.29 is 0 Å². The predicted octanol–water partition coefficient (Wildman–Crippen LogP) is 4.84. The summed E-state index contributed by atoms with van der Waals surface area (Å²) in [6, 6.07) is 20.4. The smallest absolute Gasteiger partial charge is 0.0476 e. The molecule has 1 aliphatic heterocycles. The molecule has 1 saturated heterocycles. The Balaban J connectivity index is 0.00000144. The summed E-state index contributed by atoms with van der Waals surface area (Å²) in [5.74, 6) is 0. The molecule has 1 heterocycles. The summed E-state index contributed by atoms with van der Waals surface area (Å²) in [5.41, 5.74) is 2.78. The van der Waals surface area contributed by atoms with Crippen LogP contribution in [-0.4, -0.2) is 18.8 Å². The van der Waals surface area contributed by atoms with E-state index in [1.807, 2.05) is 11.8 Å². The highest BCUT2D eigenvalue weighted by Crippen LogP contribution is 2.25. The van der Waals surface area contributed by atoms with Gasteiger partial charge in [0.25, 0.3) is 0 Å². The van der Waals surface area contributed by atoms with Crippen LogP contribution in [0.4, 0.5) is 0 Å². The van der Waals surface area contributed by atoms with Crippen molar-refractivity contribution in [2.24, 2.45) is 0 Å². The minimum Gasteiger partial charge on any atom is -0.309 e. The molecule has 0 unspecified atom stereocenters. The van der Waals surface area contributed by atoms with Crippen LogP contribution >= 0.6 is 36.6 Å². The zero-order valence-electron chi connectivity index (χ0n) is 13.9. The number of hydrogen-bond donors (Lipinski definition) is 2. The van der Waals surface area contributed by atoms with Crippen LogP contribution in [0.1, 0.15) is 30.0 Å². The van der Waals surface area contributed by atoms with Gasteiger partial charge in [0, 0.05) is 23.5 Å². The molecular formula is C19H26Cl2N2S. The molecule has 24 heavy (non-hydrogen) atoms. The molecule has 0 amide bonds. The number of thioether (sulfide) groups is 1. The van der Waals surface area contributed by atoms with E-state index in [2.05, 4.69) is 71.5 Å². The summed E-state index contributed by atoms with van der Waals surface area (Å²) in [4.78, 5) is 1.37. The molecule has 1 fully saturated rings. The number of piperidine rings is 1. The zero-order chi connectivity index (χ0) is 15.2. The van der Waals surface area contributed by atoms with Crippen molar-refractivity contribution in [2.45, 2.75) is 36.4 Å². The first kappa shape index (κ1) is 21.3. The van der Waals surface area contributed by atoms with Gasteiger partial charge < -0.3 is 10.6 Å². The highest BCUT2D eigenvalue weighted by molar-refractivity contribution is 7.98. The second-order valence-electron chi connectivity index (χ2n) is 5.78. The van der Waals surface area contributed by atoms with Crippen LogP contribution in [0.15, 0.2) is 59.5 Å². The number of halogens is 2. The van der Waals surface area contributed by atoms with Crippen LogP contribution in [-0.2, 0) is 6.54 Å². The van der Waals surface area contributed by atoms with Gasteiger partial charge in [0.15, 0.2) is 0 Å². The Morgan fingerprint density at radius 3 is 2.50 bits per heavy atom. The molecular weight excluding hydrogens is 359 g/mol. The maximum atomic E-state index is 3.79. The summed E-state index contributed by atoms with van der Waals surface area (Å²) in [6.07, 6.45) is 4.62. The summed E-state index contributed by atoms with van der Waals surface area (Å²) in [6.45, 7) is 2.05. The van der Waals surface area contributed by atoms with Gasteiger partial charge in [-0.1, -0.05) is 48.5 Å². The molecule has 5 heteroatoms. The monoisotopic (exact) mass is 384 g/mol. The Bertz CT molecular complexity index is 595. The van der Waals surface area contributed by atoms with Crippen LogP contribution in [0.2, 0.25) is 0 Å². The molecule has 2 aromatic rings. The van der Waals surface area contributed by atoms with E-state index in [4.69, 9.17) is 0 Å². The van der Waals surface area contributed by atoms with Crippen molar-refractivity contribution >= 4 is 36.6 Å². The van der Waals surface area contributed by atoms with E-state index in [0.29, 0.717) is 12.1 Å². The molecule has 0 spiro atoms. The molecule has 3 rings (SSSR count). The first-order chi connectivity index (χ1) is 10.9. The second-order valence-corrected chi connectivity index (χ2v) is 6.63. The fourth-order valence-electron chi connectivity index (χ4n) is 3.21. The van der Waals surface area contributed by atoms with E-state index in [9.17, 15) is 0 Å². The summed E-state index contributed by atoms with van der Waals surface area (Å²) in [5, 5.41) is 7.47. The molecule has 2 aromatic carbocycles. The third kappa shape index (κ3) is 5.40. The van der Waals surface area contributed by atoms with E-state index >= 15 is 0 Å². The average Bonchev–Trinajstić information content (AvgIpc) is 2.61. The molecule has 0 saturated carbocycles. The lowest BCUT2D eigenvalue weighted by molar-refractivity contribution is 0.304. The van der Waals surface area contributed by atoms with Crippen LogP contribution in [0.25, 0.3) is 0 Å². The van der Waals surface area contributed by atoms with Gasteiger partial charge in [0.1, 0.15) is 0 Å². The van der Waals surface area contributed by atoms with Gasteiger partial charge >= 0.3 is 0 Å². The van der Waals surface area contributed by atoms with Crippen LogP contribution in [0.3, 0.4) is 0 Å². The Morgan fingerprint density at radius 2 is 1.75 bits per heavy atom. The molecule has 2 atom stereocenters. The second kappa shape index (κ2) is 11.0. The molecule has 0 radical (unpaired) electrons. The van der Waals surface area contributed by atoms with Gasteiger partial charge in [-0.3, -0.25) is 0 Å². The number of benzene rings is 2. The van der Waals surface area contributed by atoms with Crippen molar-refractivity contribution in [3.63, 3.8) is 0 Å². The van der Waals surface area contributed by atoms with Gasteiger partial charge in [0.05, 0.1) is 0 Å². The lowest BCUT2D eigenvalue weighted by atomic mass is 9.92. The van der Waals surface area contributed by atoms with Crippen LogP contribution in [0, 0.1) is 0 Å². The van der Waals surface area contributed by atoms with Crippen LogP contribution in [0.5, 0.6) is 0 Å². The fraction of sp³-hybridized carbons (Fsp3) is 0.368. The number of rotatable bonds is 5. The summed E-state index contributed by atoms with van der Waals surface area (Å²) < 4.78 is 0. The predicted molar refractivity (Wildman–Crippen MR) is 110 cm³/mol. The molecule has 2 N–H and O–H groups in total. The Labute approximate surface area is 162 Å². The highest BCUT2D eigenvalue weighted by atomic mass is 35.5. The van der Waals surface area contributed by atoms with Crippen molar-refractivity contribution in [3.05, 3.63) is 65.7 Å². The van der Waals surface area contributed by atoms with E-state index in [0.717, 1.165) is 13.1 Å². The molecule has 0 bridgehead atoms. The molecule has 1 aliphatic rings. The Hall–Kier alpha value is -0.710. The largest absolute Gasteiger partial charge is 0.309 e. The standard InChI is InChI=1S/C19H24N2S.2ClH/c1-22-18-12-6-5-10-16(18)14-21-17-11-7-13-20-19(17)15-8-3-2-4-9-15;;/h2-6,8-10,12,17,19-21H,7,11,13-14H2,1H3;2*1H/t17-,19-;;/m0../s1. The van der Waals surface area contributed by atoms with Crippen molar-refractivity contribution in [1.29, 1.82) is 0 Å². The molecule has 0 aliphatic carbocycles. The van der Waals surface area contributed by atoms with E-state index < -0.39 is 0 Å². The maximum Gasteiger partial charge on any atom is 0.0476 e.